The molecule has 5 nitrogen and oxygen atoms in total. The summed E-state index contributed by atoms with van der Waals surface area (Å²) in [6.45, 7) is 5.45. The van der Waals surface area contributed by atoms with E-state index in [1.54, 1.807) is 19.1 Å². The van der Waals surface area contributed by atoms with Crippen LogP contribution in [-0.4, -0.2) is 34.8 Å². The molecule has 0 amide bonds. The molecule has 0 saturated carbocycles. The van der Waals surface area contributed by atoms with Crippen LogP contribution in [-0.2, 0) is 4.74 Å². The van der Waals surface area contributed by atoms with Crippen LogP contribution in [0.4, 0.5) is 5.69 Å². The summed E-state index contributed by atoms with van der Waals surface area (Å²) in [6.07, 6.45) is 0.990. The largest absolute Gasteiger partial charge is 0.464 e. The molecule has 0 saturated heterocycles. The maximum atomic E-state index is 11.3. The van der Waals surface area contributed by atoms with Gasteiger partial charge in [0, 0.05) is 11.9 Å². The number of rotatable bonds is 4. The Bertz CT molecular complexity index is 402. The van der Waals surface area contributed by atoms with Gasteiger partial charge in [0.15, 0.2) is 0 Å². The first-order valence-corrected chi connectivity index (χ1v) is 5.37. The maximum absolute atomic E-state index is 11.3. The van der Waals surface area contributed by atoms with E-state index in [2.05, 4.69) is 15.0 Å². The first kappa shape index (κ1) is 13.4. The van der Waals surface area contributed by atoms with Crippen LogP contribution in [0.3, 0.4) is 0 Å². The van der Waals surface area contributed by atoms with Crippen molar-refractivity contribution in [2.45, 2.75) is 32.4 Å². The first-order valence-electron chi connectivity index (χ1n) is 5.37. The van der Waals surface area contributed by atoms with Gasteiger partial charge in [0.1, 0.15) is 5.69 Å². The fraction of sp³-hybridized carbons (Fsp3) is 0.500. The highest BCUT2D eigenvalue weighted by Crippen LogP contribution is 2.18. The number of aromatic nitrogens is 1. The zero-order valence-electron chi connectivity index (χ0n) is 10.5. The lowest BCUT2D eigenvalue weighted by molar-refractivity contribution is 0.0594. The molecule has 0 aliphatic carbocycles. The van der Waals surface area contributed by atoms with Crippen molar-refractivity contribution in [3.8, 4) is 0 Å². The van der Waals surface area contributed by atoms with Gasteiger partial charge in [-0.2, -0.15) is 0 Å². The smallest absolute Gasteiger partial charge is 0.356 e. The average molecular weight is 238 g/mol. The number of methoxy groups -OCH3 is 1. The molecule has 0 radical (unpaired) electrons. The molecule has 0 aliphatic rings. The minimum absolute atomic E-state index is 0.235. The van der Waals surface area contributed by atoms with E-state index in [0.717, 1.165) is 0 Å². The van der Waals surface area contributed by atoms with Crippen LogP contribution in [0.1, 0.15) is 31.3 Å². The van der Waals surface area contributed by atoms with Crippen LogP contribution in [0, 0.1) is 0 Å². The molecule has 1 aromatic heterocycles. The zero-order chi connectivity index (χ0) is 13.1. The highest BCUT2D eigenvalue weighted by Gasteiger charge is 2.23. The molecule has 0 aromatic carbocycles. The molecule has 0 aliphatic heterocycles. The van der Waals surface area contributed by atoms with E-state index in [4.69, 9.17) is 0 Å². The molecule has 94 valence electrons. The molecular weight excluding hydrogens is 220 g/mol. The van der Waals surface area contributed by atoms with Crippen LogP contribution in [0.25, 0.3) is 0 Å². The number of ether oxygens (including phenoxy) is 1. The molecular formula is C12H18N2O3. The van der Waals surface area contributed by atoms with E-state index in [-0.39, 0.29) is 5.69 Å². The fourth-order valence-electron chi connectivity index (χ4n) is 1.20. The molecule has 1 aromatic rings. The summed E-state index contributed by atoms with van der Waals surface area (Å²) in [5.74, 6) is -0.483. The topological polar surface area (TPSA) is 71.5 Å². The lowest BCUT2D eigenvalue weighted by atomic mass is 9.98. The Hall–Kier alpha value is -1.62. The number of aliphatic hydroxyl groups excluding tert-OH is 1. The molecule has 5 heteroatoms. The number of carbonyl (C=O) groups excluding carboxylic acids is 1. The third-order valence-corrected chi connectivity index (χ3v) is 2.67. The Balaban J connectivity index is 2.90. The van der Waals surface area contributed by atoms with Gasteiger partial charge in [-0.05, 0) is 32.9 Å². The normalized spacial score (nSPS) is 13.0. The molecule has 0 spiro atoms. The average Bonchev–Trinajstić information content (AvgIpc) is 2.27. The van der Waals surface area contributed by atoms with Gasteiger partial charge >= 0.3 is 5.97 Å². The summed E-state index contributed by atoms with van der Waals surface area (Å²) in [7, 11) is 1.31. The van der Waals surface area contributed by atoms with E-state index in [0.29, 0.717) is 5.69 Å². The third kappa shape index (κ3) is 3.42. The SMILES string of the molecule is COC(=O)c1cc(NC(C)(C)C(C)O)ccn1. The molecule has 1 atom stereocenters. The highest BCUT2D eigenvalue weighted by molar-refractivity contribution is 5.88. The van der Waals surface area contributed by atoms with Gasteiger partial charge < -0.3 is 15.2 Å². The number of nitrogens with zero attached hydrogens (tertiary/aromatic N) is 1. The highest BCUT2D eigenvalue weighted by atomic mass is 16.5. The second-order valence-electron chi connectivity index (χ2n) is 4.44. The summed E-state index contributed by atoms with van der Waals surface area (Å²) in [5, 5.41) is 12.7. The minimum atomic E-state index is -0.530. The molecule has 1 heterocycles. The monoisotopic (exact) mass is 238 g/mol. The van der Waals surface area contributed by atoms with Crippen LogP contribution >= 0.6 is 0 Å². The van der Waals surface area contributed by atoms with Gasteiger partial charge in [0.25, 0.3) is 0 Å². The molecule has 0 bridgehead atoms. The van der Waals surface area contributed by atoms with Gasteiger partial charge in [-0.3, -0.25) is 0 Å². The standard InChI is InChI=1S/C12H18N2O3/c1-8(15)12(2,3)14-9-5-6-13-10(7-9)11(16)17-4/h5-8,15H,1-4H3,(H,13,14). The van der Waals surface area contributed by atoms with Crippen molar-refractivity contribution >= 4 is 11.7 Å². The molecule has 1 unspecified atom stereocenters. The number of carbonyl (C=O) groups is 1. The Kier molecular flexibility index (Phi) is 4.07. The molecule has 2 N–H and O–H groups in total. The van der Waals surface area contributed by atoms with Crippen molar-refractivity contribution in [2.24, 2.45) is 0 Å². The summed E-state index contributed by atoms with van der Waals surface area (Å²) in [4.78, 5) is 15.2. The molecule has 0 fully saturated rings. The van der Waals surface area contributed by atoms with Gasteiger partial charge in [0.2, 0.25) is 0 Å². The Morgan fingerprint density at radius 3 is 2.76 bits per heavy atom. The summed E-state index contributed by atoms with van der Waals surface area (Å²) >= 11 is 0. The van der Waals surface area contributed by atoms with Crippen LogP contribution in [0.15, 0.2) is 18.3 Å². The van der Waals surface area contributed by atoms with Crippen molar-refractivity contribution in [1.82, 2.24) is 4.98 Å². The lowest BCUT2D eigenvalue weighted by Gasteiger charge is -2.30. The van der Waals surface area contributed by atoms with E-state index in [1.165, 1.54) is 13.3 Å². The summed E-state index contributed by atoms with van der Waals surface area (Å²) in [5.41, 5.74) is 0.458. The predicted octanol–water partition coefficient (Wildman–Crippen LogP) is 1.44. The van der Waals surface area contributed by atoms with Gasteiger partial charge in [-0.15, -0.1) is 0 Å². The number of hydrogen-bond donors (Lipinski definition) is 2. The number of hydrogen-bond acceptors (Lipinski definition) is 5. The predicted molar refractivity (Wildman–Crippen MR) is 65.0 cm³/mol. The van der Waals surface area contributed by atoms with Crippen molar-refractivity contribution in [3.63, 3.8) is 0 Å². The first-order chi connectivity index (χ1) is 7.86. The van der Waals surface area contributed by atoms with Crippen molar-refractivity contribution < 1.29 is 14.6 Å². The van der Waals surface area contributed by atoms with Crippen molar-refractivity contribution in [2.75, 3.05) is 12.4 Å². The Labute approximate surface area is 101 Å². The summed E-state index contributed by atoms with van der Waals surface area (Å²) < 4.78 is 4.59. The number of pyridine rings is 1. The van der Waals surface area contributed by atoms with Crippen LogP contribution in [0.5, 0.6) is 0 Å². The maximum Gasteiger partial charge on any atom is 0.356 e. The van der Waals surface area contributed by atoms with Crippen molar-refractivity contribution in [3.05, 3.63) is 24.0 Å². The number of esters is 1. The number of aliphatic hydroxyl groups is 1. The lowest BCUT2D eigenvalue weighted by Crippen LogP contribution is -2.41. The van der Waals surface area contributed by atoms with E-state index < -0.39 is 17.6 Å². The number of anilines is 1. The van der Waals surface area contributed by atoms with Gasteiger partial charge in [-0.1, -0.05) is 0 Å². The van der Waals surface area contributed by atoms with E-state index in [1.807, 2.05) is 13.8 Å². The Morgan fingerprint density at radius 1 is 1.59 bits per heavy atom. The fourth-order valence-corrected chi connectivity index (χ4v) is 1.20. The van der Waals surface area contributed by atoms with Gasteiger partial charge in [0.05, 0.1) is 18.8 Å². The Morgan fingerprint density at radius 2 is 2.24 bits per heavy atom. The number of nitrogens with one attached hydrogen (secondary N) is 1. The molecule has 17 heavy (non-hydrogen) atoms. The van der Waals surface area contributed by atoms with E-state index >= 15 is 0 Å². The van der Waals surface area contributed by atoms with Crippen molar-refractivity contribution in [1.29, 1.82) is 0 Å². The zero-order valence-corrected chi connectivity index (χ0v) is 10.5. The quantitative estimate of drug-likeness (QED) is 0.777. The van der Waals surface area contributed by atoms with Crippen LogP contribution in [0.2, 0.25) is 0 Å². The minimum Gasteiger partial charge on any atom is -0.464 e. The third-order valence-electron chi connectivity index (χ3n) is 2.67. The van der Waals surface area contributed by atoms with E-state index in [9.17, 15) is 9.90 Å². The second kappa shape index (κ2) is 5.14. The van der Waals surface area contributed by atoms with Crippen LogP contribution < -0.4 is 5.32 Å². The van der Waals surface area contributed by atoms with Gasteiger partial charge in [-0.25, -0.2) is 9.78 Å². The second-order valence-corrected chi connectivity index (χ2v) is 4.44. The molecule has 1 rings (SSSR count). The summed E-state index contributed by atoms with van der Waals surface area (Å²) in [6, 6.07) is 3.33.